The minimum absolute atomic E-state index is 0.0249. The van der Waals surface area contributed by atoms with Gasteiger partial charge in [-0.25, -0.2) is 4.39 Å². The fourth-order valence-corrected chi connectivity index (χ4v) is 2.32. The van der Waals surface area contributed by atoms with Gasteiger partial charge in [-0.2, -0.15) is 0 Å². The van der Waals surface area contributed by atoms with Crippen molar-refractivity contribution in [2.75, 3.05) is 0 Å². The summed E-state index contributed by atoms with van der Waals surface area (Å²) in [5, 5.41) is 0. The Hall–Kier alpha value is -1.16. The lowest BCUT2D eigenvalue weighted by Gasteiger charge is -1.96. The number of hydrogen-bond acceptors (Lipinski definition) is 2. The van der Waals surface area contributed by atoms with Crippen molar-refractivity contribution in [1.82, 2.24) is 4.57 Å². The van der Waals surface area contributed by atoms with Crippen molar-refractivity contribution in [3.63, 3.8) is 0 Å². The van der Waals surface area contributed by atoms with Gasteiger partial charge in [0.2, 0.25) is 0 Å². The van der Waals surface area contributed by atoms with Crippen molar-refractivity contribution in [3.8, 4) is 0 Å². The van der Waals surface area contributed by atoms with Crippen LogP contribution in [0.2, 0.25) is 0 Å². The normalized spacial score (nSPS) is 10.9. The molecule has 4 heteroatoms. The van der Waals surface area contributed by atoms with Gasteiger partial charge in [0, 0.05) is 6.54 Å². The van der Waals surface area contributed by atoms with Crippen LogP contribution in [0.5, 0.6) is 0 Å². The summed E-state index contributed by atoms with van der Waals surface area (Å²) in [4.78, 5) is 11.3. The predicted molar refractivity (Wildman–Crippen MR) is 51.7 cm³/mol. The molecule has 0 unspecified atom stereocenters. The lowest BCUT2D eigenvalue weighted by atomic mass is 10.3. The molecule has 0 aliphatic rings. The average molecular weight is 197 g/mol. The van der Waals surface area contributed by atoms with E-state index in [1.165, 1.54) is 12.1 Å². The second-order valence-electron chi connectivity index (χ2n) is 2.72. The molecular formula is C9H8FNOS. The molecule has 0 amide bonds. The van der Waals surface area contributed by atoms with Gasteiger partial charge in [0.25, 0.3) is 0 Å². The van der Waals surface area contributed by atoms with E-state index < -0.39 is 0 Å². The number of rotatable bonds is 1. The lowest BCUT2D eigenvalue weighted by Crippen LogP contribution is -2.10. The number of fused-ring (bicyclic) bond motifs is 1. The molecular weight excluding hydrogens is 189 g/mol. The smallest absolute Gasteiger partial charge is 0.299 e. The Morgan fingerprint density at radius 3 is 3.00 bits per heavy atom. The maximum atomic E-state index is 12.8. The Morgan fingerprint density at radius 1 is 1.54 bits per heavy atom. The second-order valence-corrected chi connectivity index (χ2v) is 3.72. The zero-order chi connectivity index (χ0) is 9.42. The van der Waals surface area contributed by atoms with E-state index in [2.05, 4.69) is 0 Å². The van der Waals surface area contributed by atoms with E-state index in [0.29, 0.717) is 11.2 Å². The van der Waals surface area contributed by atoms with Crippen molar-refractivity contribution in [3.05, 3.63) is 33.7 Å². The highest BCUT2D eigenvalue weighted by Crippen LogP contribution is 2.17. The van der Waals surface area contributed by atoms with Gasteiger partial charge in [0.1, 0.15) is 5.82 Å². The lowest BCUT2D eigenvalue weighted by molar-refractivity contribution is 0.629. The van der Waals surface area contributed by atoms with E-state index >= 15 is 0 Å². The van der Waals surface area contributed by atoms with Crippen LogP contribution in [0.1, 0.15) is 6.92 Å². The summed E-state index contributed by atoms with van der Waals surface area (Å²) in [6.45, 7) is 2.53. The third kappa shape index (κ3) is 1.27. The molecule has 68 valence electrons. The van der Waals surface area contributed by atoms with Crippen LogP contribution in [0, 0.1) is 5.82 Å². The molecule has 0 fully saturated rings. The Bertz CT molecular complexity index is 500. The molecule has 1 heterocycles. The van der Waals surface area contributed by atoms with Crippen LogP contribution < -0.4 is 4.87 Å². The average Bonchev–Trinajstić information content (AvgIpc) is 2.39. The van der Waals surface area contributed by atoms with Crippen LogP contribution in [-0.2, 0) is 6.54 Å². The Morgan fingerprint density at radius 2 is 2.31 bits per heavy atom. The highest BCUT2D eigenvalue weighted by molar-refractivity contribution is 7.16. The maximum absolute atomic E-state index is 12.8. The molecule has 0 aliphatic carbocycles. The molecule has 0 spiro atoms. The van der Waals surface area contributed by atoms with Crippen LogP contribution in [0.4, 0.5) is 4.39 Å². The second kappa shape index (κ2) is 2.96. The molecule has 0 bridgehead atoms. The van der Waals surface area contributed by atoms with Gasteiger partial charge < -0.3 is 0 Å². The number of hydrogen-bond donors (Lipinski definition) is 0. The number of benzene rings is 1. The summed E-state index contributed by atoms with van der Waals surface area (Å²) < 4.78 is 15.1. The van der Waals surface area contributed by atoms with Crippen molar-refractivity contribution >= 4 is 21.6 Å². The molecule has 2 rings (SSSR count). The van der Waals surface area contributed by atoms with Gasteiger partial charge >= 0.3 is 4.87 Å². The summed E-state index contributed by atoms with van der Waals surface area (Å²) in [6, 6.07) is 4.42. The van der Waals surface area contributed by atoms with Crippen LogP contribution in [0.25, 0.3) is 10.2 Å². The number of aromatic nitrogens is 1. The first kappa shape index (κ1) is 8.44. The molecule has 0 saturated carbocycles. The molecule has 0 aliphatic heterocycles. The standard InChI is InChI=1S/C9H8FNOS/c1-2-11-7-4-3-6(10)5-8(7)13-9(11)12/h3-5H,2H2,1H3. The maximum Gasteiger partial charge on any atom is 0.308 e. The topological polar surface area (TPSA) is 22.0 Å². The predicted octanol–water partition coefficient (Wildman–Crippen LogP) is 2.22. The monoisotopic (exact) mass is 197 g/mol. The van der Waals surface area contributed by atoms with E-state index in [0.717, 1.165) is 16.9 Å². The van der Waals surface area contributed by atoms with Gasteiger partial charge in [-0.1, -0.05) is 11.3 Å². The first-order chi connectivity index (χ1) is 6.22. The molecule has 2 nitrogen and oxygen atoms in total. The highest BCUT2D eigenvalue weighted by Gasteiger charge is 2.05. The fraction of sp³-hybridized carbons (Fsp3) is 0.222. The van der Waals surface area contributed by atoms with E-state index in [4.69, 9.17) is 0 Å². The molecule has 2 aromatic rings. The summed E-state index contributed by atoms with van der Waals surface area (Å²) in [5.41, 5.74) is 0.818. The number of halogens is 1. The Kier molecular flexibility index (Phi) is 1.92. The quantitative estimate of drug-likeness (QED) is 0.687. The van der Waals surface area contributed by atoms with Crippen molar-refractivity contribution in [2.45, 2.75) is 13.5 Å². The number of thiazole rings is 1. The van der Waals surface area contributed by atoms with Crippen LogP contribution in [0.3, 0.4) is 0 Å². The summed E-state index contributed by atoms with van der Waals surface area (Å²) in [7, 11) is 0. The largest absolute Gasteiger partial charge is 0.308 e. The van der Waals surface area contributed by atoms with Crippen molar-refractivity contribution in [1.29, 1.82) is 0 Å². The first-order valence-electron chi connectivity index (χ1n) is 4.01. The van der Waals surface area contributed by atoms with E-state index in [-0.39, 0.29) is 10.7 Å². The molecule has 0 N–H and O–H groups in total. The van der Waals surface area contributed by atoms with E-state index in [1.54, 1.807) is 10.6 Å². The Balaban J connectivity index is 2.87. The molecule has 0 radical (unpaired) electrons. The number of nitrogens with zero attached hydrogens (tertiary/aromatic N) is 1. The minimum Gasteiger partial charge on any atom is -0.299 e. The van der Waals surface area contributed by atoms with Gasteiger partial charge in [-0.15, -0.1) is 0 Å². The van der Waals surface area contributed by atoms with Gasteiger partial charge in [0.05, 0.1) is 10.2 Å². The molecule has 0 atom stereocenters. The van der Waals surface area contributed by atoms with Crippen LogP contribution >= 0.6 is 11.3 Å². The summed E-state index contributed by atoms with van der Waals surface area (Å²) in [6.07, 6.45) is 0. The van der Waals surface area contributed by atoms with E-state index in [9.17, 15) is 9.18 Å². The van der Waals surface area contributed by atoms with Crippen molar-refractivity contribution < 1.29 is 4.39 Å². The zero-order valence-corrected chi connectivity index (χ0v) is 7.90. The Labute approximate surface area is 78.2 Å². The van der Waals surface area contributed by atoms with E-state index in [1.807, 2.05) is 6.92 Å². The highest BCUT2D eigenvalue weighted by atomic mass is 32.1. The fourth-order valence-electron chi connectivity index (χ4n) is 1.34. The summed E-state index contributed by atoms with van der Waals surface area (Å²) in [5.74, 6) is -0.294. The van der Waals surface area contributed by atoms with Gasteiger partial charge in [-0.05, 0) is 25.1 Å². The number of aryl methyl sites for hydroxylation is 1. The third-order valence-electron chi connectivity index (χ3n) is 1.95. The first-order valence-corrected chi connectivity index (χ1v) is 4.83. The van der Waals surface area contributed by atoms with Gasteiger partial charge in [0.15, 0.2) is 0 Å². The SMILES string of the molecule is CCn1c(=O)sc2cc(F)ccc21. The van der Waals surface area contributed by atoms with Crippen LogP contribution in [-0.4, -0.2) is 4.57 Å². The molecule has 0 saturated heterocycles. The van der Waals surface area contributed by atoms with Gasteiger partial charge in [-0.3, -0.25) is 9.36 Å². The third-order valence-corrected chi connectivity index (χ3v) is 2.89. The molecule has 1 aromatic carbocycles. The van der Waals surface area contributed by atoms with Crippen LogP contribution in [0.15, 0.2) is 23.0 Å². The summed E-state index contributed by atoms with van der Waals surface area (Å²) >= 11 is 1.08. The minimum atomic E-state index is -0.294. The zero-order valence-electron chi connectivity index (χ0n) is 7.08. The molecule has 13 heavy (non-hydrogen) atoms. The van der Waals surface area contributed by atoms with Crippen molar-refractivity contribution in [2.24, 2.45) is 0 Å². The molecule has 1 aromatic heterocycles.